The van der Waals surface area contributed by atoms with Crippen molar-refractivity contribution in [3.05, 3.63) is 0 Å². The van der Waals surface area contributed by atoms with E-state index in [-0.39, 0.29) is 0 Å². The van der Waals surface area contributed by atoms with E-state index in [2.05, 4.69) is 5.32 Å². The number of nitrogens with zero attached hydrogens (tertiary/aromatic N) is 1. The van der Waals surface area contributed by atoms with Crippen LogP contribution < -0.4 is 5.32 Å². The summed E-state index contributed by atoms with van der Waals surface area (Å²) in [6.45, 7) is 3.64. The number of carbonyl (C=O) groups is 2. The van der Waals surface area contributed by atoms with Crippen LogP contribution in [0.5, 0.6) is 0 Å². The zero-order valence-electron chi connectivity index (χ0n) is 7.26. The Morgan fingerprint density at radius 1 is 1.58 bits per heavy atom. The third kappa shape index (κ3) is 3.15. The third-order valence-electron chi connectivity index (χ3n) is 1.35. The number of Topliss-reactive ketones (excluding diaryl/α,β-unsaturated/α-hetero) is 1. The lowest BCUT2D eigenvalue weighted by molar-refractivity contribution is -0.130. The molecule has 0 heterocycles. The van der Waals surface area contributed by atoms with Gasteiger partial charge in [-0.2, -0.15) is 5.26 Å². The van der Waals surface area contributed by atoms with Crippen LogP contribution in [-0.4, -0.2) is 18.2 Å². The van der Waals surface area contributed by atoms with Crippen molar-refractivity contribution in [3.63, 3.8) is 0 Å². The van der Waals surface area contributed by atoms with Gasteiger partial charge in [0.2, 0.25) is 5.91 Å². The van der Waals surface area contributed by atoms with E-state index in [9.17, 15) is 9.59 Å². The number of ketones is 1. The Hall–Kier alpha value is -1.37. The molecule has 0 radical (unpaired) electrons. The fourth-order valence-electron chi connectivity index (χ4n) is 0.684. The van der Waals surface area contributed by atoms with Gasteiger partial charge in [0.1, 0.15) is 0 Å². The van der Waals surface area contributed by atoms with E-state index in [1.54, 1.807) is 6.07 Å². The van der Waals surface area contributed by atoms with Gasteiger partial charge in [0.25, 0.3) is 0 Å². The highest BCUT2D eigenvalue weighted by atomic mass is 16.2. The summed E-state index contributed by atoms with van der Waals surface area (Å²) < 4.78 is 0. The Bertz CT molecular complexity index is 218. The Balaban J connectivity index is 4.07. The molecule has 0 aliphatic carbocycles. The minimum Gasteiger partial charge on any atom is -0.355 e. The van der Waals surface area contributed by atoms with Gasteiger partial charge in [0.15, 0.2) is 11.7 Å². The minimum atomic E-state index is -1.14. The Morgan fingerprint density at radius 2 is 2.17 bits per heavy atom. The number of nitrogens with one attached hydrogen (secondary N) is 1. The van der Waals surface area contributed by atoms with Crippen molar-refractivity contribution in [3.8, 4) is 6.07 Å². The van der Waals surface area contributed by atoms with Crippen LogP contribution in [0.3, 0.4) is 0 Å². The van der Waals surface area contributed by atoms with Gasteiger partial charge in [-0.1, -0.05) is 6.92 Å². The maximum atomic E-state index is 11.0. The second-order valence-electron chi connectivity index (χ2n) is 2.46. The summed E-state index contributed by atoms with van der Waals surface area (Å²) >= 11 is 0. The van der Waals surface area contributed by atoms with Crippen LogP contribution in [0.25, 0.3) is 0 Å². The number of nitriles is 1. The SMILES string of the molecule is CCCNC(=O)C(C#N)C(C)=O. The van der Waals surface area contributed by atoms with Gasteiger partial charge in [-0.3, -0.25) is 9.59 Å². The van der Waals surface area contributed by atoms with E-state index in [1.807, 2.05) is 6.92 Å². The molecule has 4 nitrogen and oxygen atoms in total. The molecule has 1 atom stereocenters. The molecule has 66 valence electrons. The molecule has 0 saturated heterocycles. The topological polar surface area (TPSA) is 70.0 Å². The summed E-state index contributed by atoms with van der Waals surface area (Å²) in [5.41, 5.74) is 0. The number of hydrogen-bond donors (Lipinski definition) is 1. The van der Waals surface area contributed by atoms with Crippen LogP contribution in [0.15, 0.2) is 0 Å². The maximum absolute atomic E-state index is 11.0. The van der Waals surface area contributed by atoms with Gasteiger partial charge >= 0.3 is 0 Å². The predicted octanol–water partition coefficient (Wildman–Crippen LogP) is 0.241. The van der Waals surface area contributed by atoms with Crippen LogP contribution >= 0.6 is 0 Å². The zero-order valence-corrected chi connectivity index (χ0v) is 7.26. The van der Waals surface area contributed by atoms with E-state index in [0.717, 1.165) is 6.42 Å². The lowest BCUT2D eigenvalue weighted by Gasteiger charge is -2.05. The van der Waals surface area contributed by atoms with Crippen LogP contribution in [0.4, 0.5) is 0 Å². The average molecular weight is 168 g/mol. The molecule has 12 heavy (non-hydrogen) atoms. The highest BCUT2D eigenvalue weighted by Gasteiger charge is 2.21. The van der Waals surface area contributed by atoms with Crippen molar-refractivity contribution in [2.45, 2.75) is 20.3 Å². The summed E-state index contributed by atoms with van der Waals surface area (Å²) in [4.78, 5) is 21.7. The summed E-state index contributed by atoms with van der Waals surface area (Å²) in [5.74, 6) is -2.05. The van der Waals surface area contributed by atoms with E-state index in [1.165, 1.54) is 6.92 Å². The highest BCUT2D eigenvalue weighted by Crippen LogP contribution is 1.95. The third-order valence-corrected chi connectivity index (χ3v) is 1.35. The van der Waals surface area contributed by atoms with Crippen LogP contribution in [0, 0.1) is 17.2 Å². The normalized spacial score (nSPS) is 11.4. The molecule has 0 aromatic carbocycles. The molecule has 0 aliphatic heterocycles. The molecular formula is C8H12N2O2. The summed E-state index contributed by atoms with van der Waals surface area (Å²) in [7, 11) is 0. The Kier molecular flexibility index (Phi) is 4.70. The molecule has 0 aliphatic rings. The molecule has 0 rings (SSSR count). The van der Waals surface area contributed by atoms with Crippen molar-refractivity contribution in [2.24, 2.45) is 5.92 Å². The largest absolute Gasteiger partial charge is 0.355 e. The van der Waals surface area contributed by atoms with Gasteiger partial charge in [-0.25, -0.2) is 0 Å². The fraction of sp³-hybridized carbons (Fsp3) is 0.625. The monoisotopic (exact) mass is 168 g/mol. The average Bonchev–Trinajstić information content (AvgIpc) is 2.01. The fourth-order valence-corrected chi connectivity index (χ4v) is 0.684. The molecule has 1 amide bonds. The van der Waals surface area contributed by atoms with E-state index < -0.39 is 17.6 Å². The first-order valence-electron chi connectivity index (χ1n) is 3.81. The molecular weight excluding hydrogens is 156 g/mol. The van der Waals surface area contributed by atoms with Crippen LogP contribution in [0.1, 0.15) is 20.3 Å². The molecule has 1 unspecified atom stereocenters. The molecule has 0 aromatic rings. The Labute approximate surface area is 71.6 Å². The summed E-state index contributed by atoms with van der Waals surface area (Å²) in [6, 6.07) is 1.65. The van der Waals surface area contributed by atoms with Crippen molar-refractivity contribution in [1.82, 2.24) is 5.32 Å². The van der Waals surface area contributed by atoms with Crippen LogP contribution in [-0.2, 0) is 9.59 Å². The summed E-state index contributed by atoms with van der Waals surface area (Å²) in [6.07, 6.45) is 0.793. The second-order valence-corrected chi connectivity index (χ2v) is 2.46. The number of rotatable bonds is 4. The number of amides is 1. The maximum Gasteiger partial charge on any atom is 0.244 e. The van der Waals surface area contributed by atoms with Gasteiger partial charge in [-0.15, -0.1) is 0 Å². The lowest BCUT2D eigenvalue weighted by Crippen LogP contribution is -2.33. The first-order valence-corrected chi connectivity index (χ1v) is 3.81. The van der Waals surface area contributed by atoms with Crippen LogP contribution in [0.2, 0.25) is 0 Å². The van der Waals surface area contributed by atoms with E-state index in [0.29, 0.717) is 6.54 Å². The smallest absolute Gasteiger partial charge is 0.244 e. The standard InChI is InChI=1S/C8H12N2O2/c1-3-4-10-8(12)7(5-9)6(2)11/h7H,3-4H2,1-2H3,(H,10,12). The molecule has 0 bridgehead atoms. The van der Waals surface area contributed by atoms with E-state index in [4.69, 9.17) is 5.26 Å². The molecule has 1 N–H and O–H groups in total. The molecule has 0 spiro atoms. The molecule has 0 fully saturated rings. The molecule has 0 saturated carbocycles. The van der Waals surface area contributed by atoms with Crippen molar-refractivity contribution in [1.29, 1.82) is 5.26 Å². The van der Waals surface area contributed by atoms with Gasteiger partial charge < -0.3 is 5.32 Å². The first kappa shape index (κ1) is 10.6. The number of hydrogen-bond acceptors (Lipinski definition) is 3. The van der Waals surface area contributed by atoms with Gasteiger partial charge in [0, 0.05) is 6.54 Å². The summed E-state index contributed by atoms with van der Waals surface area (Å²) in [5, 5.41) is 10.9. The minimum absolute atomic E-state index is 0.411. The van der Waals surface area contributed by atoms with Crippen molar-refractivity contribution in [2.75, 3.05) is 6.54 Å². The van der Waals surface area contributed by atoms with Crippen molar-refractivity contribution < 1.29 is 9.59 Å². The quantitative estimate of drug-likeness (QED) is 0.611. The zero-order chi connectivity index (χ0) is 9.56. The lowest BCUT2D eigenvalue weighted by atomic mass is 10.1. The van der Waals surface area contributed by atoms with E-state index >= 15 is 0 Å². The van der Waals surface area contributed by atoms with Crippen molar-refractivity contribution >= 4 is 11.7 Å². The van der Waals surface area contributed by atoms with Gasteiger partial charge in [0.05, 0.1) is 6.07 Å². The molecule has 4 heteroatoms. The second kappa shape index (κ2) is 5.30. The van der Waals surface area contributed by atoms with Gasteiger partial charge in [-0.05, 0) is 13.3 Å². The molecule has 0 aromatic heterocycles. The predicted molar refractivity (Wildman–Crippen MR) is 43.1 cm³/mol. The number of carbonyl (C=O) groups excluding carboxylic acids is 2. The first-order chi connectivity index (χ1) is 5.63. The highest BCUT2D eigenvalue weighted by molar-refractivity contribution is 6.02. The Morgan fingerprint density at radius 3 is 2.50 bits per heavy atom.